The van der Waals surface area contributed by atoms with Gasteiger partial charge in [0.1, 0.15) is 0 Å². The fourth-order valence-corrected chi connectivity index (χ4v) is 3.63. The second-order valence-electron chi connectivity index (χ2n) is 7.91. The zero-order valence-corrected chi connectivity index (χ0v) is 18.9. The van der Waals surface area contributed by atoms with Gasteiger partial charge in [-0.1, -0.05) is 61.0 Å². The fraction of sp³-hybridized carbons (Fsp3) is 0.222. The number of ketones is 1. The Kier molecular flexibility index (Phi) is 7.21. The van der Waals surface area contributed by atoms with Gasteiger partial charge in [-0.05, 0) is 49.6 Å². The van der Waals surface area contributed by atoms with Crippen LogP contribution < -0.4 is 5.32 Å². The summed E-state index contributed by atoms with van der Waals surface area (Å²) in [5.41, 5.74) is 4.78. The van der Waals surface area contributed by atoms with Crippen LogP contribution in [0.25, 0.3) is 0 Å². The van der Waals surface area contributed by atoms with Crippen molar-refractivity contribution in [2.75, 3.05) is 18.9 Å². The molecule has 32 heavy (non-hydrogen) atoms. The molecule has 0 atom stereocenters. The summed E-state index contributed by atoms with van der Waals surface area (Å²) >= 11 is 0. The Bertz CT molecular complexity index is 1170. The van der Waals surface area contributed by atoms with Crippen molar-refractivity contribution in [3.63, 3.8) is 0 Å². The van der Waals surface area contributed by atoms with E-state index in [1.165, 1.54) is 4.90 Å². The lowest BCUT2D eigenvalue weighted by Gasteiger charge is -2.19. The first-order valence-electron chi connectivity index (χ1n) is 10.7. The molecule has 0 bridgehead atoms. The first-order valence-corrected chi connectivity index (χ1v) is 10.7. The topological polar surface area (TPSA) is 66.5 Å². The quantitative estimate of drug-likeness (QED) is 0.549. The number of aryl methyl sites for hydroxylation is 3. The van der Waals surface area contributed by atoms with Gasteiger partial charge < -0.3 is 10.2 Å². The van der Waals surface area contributed by atoms with Crippen molar-refractivity contribution in [3.8, 4) is 0 Å². The average Bonchev–Trinajstić information content (AvgIpc) is 2.80. The standard InChI is InChI=1S/C27H28N2O3/c1-5-20-10-6-9-13-24(20)28-25(30)17-29(4)27(32)22-12-8-7-11-21(22)26(31)23-16-18(2)14-15-19(23)3/h6-16H,5,17H2,1-4H3,(H,28,30). The Morgan fingerprint density at radius 1 is 0.844 bits per heavy atom. The molecule has 1 N–H and O–H groups in total. The molecule has 164 valence electrons. The maximum absolute atomic E-state index is 13.3. The number of carbonyl (C=O) groups excluding carboxylic acids is 3. The second kappa shape index (κ2) is 10.1. The molecule has 0 fully saturated rings. The van der Waals surface area contributed by atoms with Crippen molar-refractivity contribution >= 4 is 23.3 Å². The highest BCUT2D eigenvalue weighted by molar-refractivity contribution is 6.16. The summed E-state index contributed by atoms with van der Waals surface area (Å²) in [6.07, 6.45) is 0.791. The Labute approximate surface area is 189 Å². The Hall–Kier alpha value is -3.73. The number of hydrogen-bond donors (Lipinski definition) is 1. The third-order valence-electron chi connectivity index (χ3n) is 5.44. The van der Waals surface area contributed by atoms with E-state index in [4.69, 9.17) is 0 Å². The molecule has 0 saturated heterocycles. The van der Waals surface area contributed by atoms with E-state index in [0.29, 0.717) is 11.1 Å². The molecule has 3 rings (SSSR count). The molecular weight excluding hydrogens is 400 g/mol. The fourth-order valence-electron chi connectivity index (χ4n) is 3.63. The Morgan fingerprint density at radius 3 is 2.22 bits per heavy atom. The number of benzene rings is 3. The molecule has 0 aliphatic carbocycles. The van der Waals surface area contributed by atoms with Crippen LogP contribution in [0.1, 0.15) is 49.9 Å². The van der Waals surface area contributed by atoms with Crippen molar-refractivity contribution in [1.29, 1.82) is 0 Å². The first-order chi connectivity index (χ1) is 15.3. The van der Waals surface area contributed by atoms with Crippen LogP contribution in [0.4, 0.5) is 5.69 Å². The number of nitrogens with zero attached hydrogens (tertiary/aromatic N) is 1. The SMILES string of the molecule is CCc1ccccc1NC(=O)CN(C)C(=O)c1ccccc1C(=O)c1cc(C)ccc1C. The van der Waals surface area contributed by atoms with Crippen LogP contribution in [0.15, 0.2) is 66.7 Å². The van der Waals surface area contributed by atoms with E-state index >= 15 is 0 Å². The normalized spacial score (nSPS) is 10.5. The number of rotatable bonds is 7. The summed E-state index contributed by atoms with van der Waals surface area (Å²) in [5.74, 6) is -0.872. The first kappa shape index (κ1) is 22.9. The van der Waals surface area contributed by atoms with Gasteiger partial charge in [0, 0.05) is 23.9 Å². The van der Waals surface area contributed by atoms with Crippen molar-refractivity contribution in [2.24, 2.45) is 0 Å². The maximum Gasteiger partial charge on any atom is 0.254 e. The molecule has 5 heteroatoms. The predicted molar refractivity (Wildman–Crippen MR) is 127 cm³/mol. The highest BCUT2D eigenvalue weighted by atomic mass is 16.2. The van der Waals surface area contributed by atoms with Gasteiger partial charge in [-0.3, -0.25) is 14.4 Å². The maximum atomic E-state index is 13.3. The summed E-state index contributed by atoms with van der Waals surface area (Å²) in [7, 11) is 1.56. The molecule has 0 aliphatic rings. The van der Waals surface area contributed by atoms with E-state index in [1.807, 2.05) is 63.2 Å². The van der Waals surface area contributed by atoms with E-state index in [-0.39, 0.29) is 29.7 Å². The zero-order chi connectivity index (χ0) is 23.3. The van der Waals surface area contributed by atoms with Gasteiger partial charge in [0.25, 0.3) is 5.91 Å². The lowest BCUT2D eigenvalue weighted by Crippen LogP contribution is -2.35. The molecule has 5 nitrogen and oxygen atoms in total. The van der Waals surface area contributed by atoms with Crippen LogP contribution >= 0.6 is 0 Å². The van der Waals surface area contributed by atoms with Crippen LogP contribution in [-0.2, 0) is 11.2 Å². The summed E-state index contributed by atoms with van der Waals surface area (Å²) < 4.78 is 0. The van der Waals surface area contributed by atoms with E-state index in [1.54, 1.807) is 31.3 Å². The molecule has 0 saturated carbocycles. The minimum atomic E-state index is -0.377. The van der Waals surface area contributed by atoms with E-state index in [9.17, 15) is 14.4 Å². The van der Waals surface area contributed by atoms with Gasteiger partial charge in [-0.2, -0.15) is 0 Å². The lowest BCUT2D eigenvalue weighted by molar-refractivity contribution is -0.116. The predicted octanol–water partition coefficient (Wildman–Crippen LogP) is 4.81. The van der Waals surface area contributed by atoms with E-state index in [0.717, 1.165) is 28.8 Å². The van der Waals surface area contributed by atoms with Gasteiger partial charge in [0.2, 0.25) is 5.91 Å². The van der Waals surface area contributed by atoms with Crippen LogP contribution in [0.5, 0.6) is 0 Å². The van der Waals surface area contributed by atoms with E-state index in [2.05, 4.69) is 5.32 Å². The molecule has 0 radical (unpaired) electrons. The lowest BCUT2D eigenvalue weighted by atomic mass is 9.94. The van der Waals surface area contributed by atoms with Gasteiger partial charge >= 0.3 is 0 Å². The van der Waals surface area contributed by atoms with Crippen LogP contribution in [0.3, 0.4) is 0 Å². The monoisotopic (exact) mass is 428 g/mol. The van der Waals surface area contributed by atoms with Crippen LogP contribution in [-0.4, -0.2) is 36.1 Å². The highest BCUT2D eigenvalue weighted by Gasteiger charge is 2.23. The number of anilines is 1. The molecule has 0 spiro atoms. The third-order valence-corrected chi connectivity index (χ3v) is 5.44. The number of likely N-dealkylation sites (N-methyl/N-ethyl adjacent to an activating group) is 1. The smallest absolute Gasteiger partial charge is 0.254 e. The molecule has 0 aromatic heterocycles. The second-order valence-corrected chi connectivity index (χ2v) is 7.91. The molecule has 0 heterocycles. The van der Waals surface area contributed by atoms with Crippen LogP contribution in [0, 0.1) is 13.8 Å². The zero-order valence-electron chi connectivity index (χ0n) is 18.9. The molecule has 2 amide bonds. The number of carbonyl (C=O) groups is 3. The largest absolute Gasteiger partial charge is 0.332 e. The number of amides is 2. The van der Waals surface area contributed by atoms with Crippen molar-refractivity contribution in [1.82, 2.24) is 4.90 Å². The summed E-state index contributed by atoms with van der Waals surface area (Å²) in [5, 5.41) is 2.88. The number of hydrogen-bond acceptors (Lipinski definition) is 3. The summed E-state index contributed by atoms with van der Waals surface area (Å²) in [6.45, 7) is 5.70. The Balaban J connectivity index is 1.80. The van der Waals surface area contributed by atoms with Gasteiger partial charge in [-0.15, -0.1) is 0 Å². The third kappa shape index (κ3) is 5.11. The summed E-state index contributed by atoms with van der Waals surface area (Å²) in [6, 6.07) is 20.0. The highest BCUT2D eigenvalue weighted by Crippen LogP contribution is 2.20. The van der Waals surface area contributed by atoms with Gasteiger partial charge in [-0.25, -0.2) is 0 Å². The molecule has 3 aromatic rings. The average molecular weight is 429 g/mol. The van der Waals surface area contributed by atoms with Gasteiger partial charge in [0.15, 0.2) is 5.78 Å². The minimum absolute atomic E-state index is 0.122. The molecule has 3 aromatic carbocycles. The number of nitrogens with one attached hydrogen (secondary N) is 1. The molecule has 0 unspecified atom stereocenters. The van der Waals surface area contributed by atoms with E-state index < -0.39 is 0 Å². The molecule has 0 aliphatic heterocycles. The van der Waals surface area contributed by atoms with Crippen LogP contribution in [0.2, 0.25) is 0 Å². The number of para-hydroxylation sites is 1. The molecular formula is C27H28N2O3. The Morgan fingerprint density at radius 2 is 1.50 bits per heavy atom. The van der Waals surface area contributed by atoms with Crippen molar-refractivity contribution in [3.05, 3.63) is 100 Å². The van der Waals surface area contributed by atoms with Crippen molar-refractivity contribution < 1.29 is 14.4 Å². The minimum Gasteiger partial charge on any atom is -0.332 e. The van der Waals surface area contributed by atoms with Gasteiger partial charge in [0.05, 0.1) is 12.1 Å². The summed E-state index contributed by atoms with van der Waals surface area (Å²) in [4.78, 5) is 40.3. The van der Waals surface area contributed by atoms with Crippen molar-refractivity contribution in [2.45, 2.75) is 27.2 Å².